The van der Waals surface area contributed by atoms with Crippen LogP contribution in [0.15, 0.2) is 0 Å². The van der Waals surface area contributed by atoms with Crippen LogP contribution in [0.3, 0.4) is 0 Å². The highest BCUT2D eigenvalue weighted by molar-refractivity contribution is 5.66. The van der Waals surface area contributed by atoms with Crippen molar-refractivity contribution < 1.29 is 19.0 Å². The van der Waals surface area contributed by atoms with Crippen molar-refractivity contribution in [1.82, 2.24) is 0 Å². The number of esters is 1. The van der Waals surface area contributed by atoms with Gasteiger partial charge in [-0.05, 0) is 137 Å². The quantitative estimate of drug-likeness (QED) is 0.302. The fraction of sp³-hybridized carbons (Fsp3) is 0.970. The maximum atomic E-state index is 11.3. The van der Waals surface area contributed by atoms with Gasteiger partial charge in [0, 0.05) is 14.0 Å². The third kappa shape index (κ3) is 7.33. The highest BCUT2D eigenvalue weighted by Gasteiger charge is 2.43. The molecule has 37 heavy (non-hydrogen) atoms. The number of carbonyl (C=O) groups is 1. The molecule has 4 rings (SSSR count). The first-order chi connectivity index (χ1) is 17.6. The molecule has 0 heterocycles. The van der Waals surface area contributed by atoms with E-state index in [1.165, 1.54) is 96.8 Å². The van der Waals surface area contributed by atoms with Crippen molar-refractivity contribution in [2.75, 3.05) is 7.11 Å². The molecule has 0 spiro atoms. The van der Waals surface area contributed by atoms with Gasteiger partial charge in [-0.2, -0.15) is 0 Å². The molecule has 214 valence electrons. The summed E-state index contributed by atoms with van der Waals surface area (Å²) in [5, 5.41) is 0. The molecule has 0 N–H and O–H groups in total. The van der Waals surface area contributed by atoms with E-state index >= 15 is 0 Å². The van der Waals surface area contributed by atoms with Gasteiger partial charge >= 0.3 is 5.97 Å². The Morgan fingerprint density at radius 2 is 0.811 bits per heavy atom. The molecule has 0 aliphatic heterocycles. The van der Waals surface area contributed by atoms with Crippen molar-refractivity contribution in [3.63, 3.8) is 0 Å². The van der Waals surface area contributed by atoms with Gasteiger partial charge in [-0.3, -0.25) is 4.79 Å². The molecule has 0 aromatic heterocycles. The molecule has 4 heteroatoms. The predicted molar refractivity (Wildman–Crippen MR) is 150 cm³/mol. The molecule has 4 nitrogen and oxygen atoms in total. The van der Waals surface area contributed by atoms with E-state index in [2.05, 4.69) is 27.7 Å². The summed E-state index contributed by atoms with van der Waals surface area (Å²) in [6.07, 6.45) is 21.6. The number of hydrogen-bond acceptors (Lipinski definition) is 4. The van der Waals surface area contributed by atoms with Crippen LogP contribution in [-0.4, -0.2) is 37.5 Å². The van der Waals surface area contributed by atoms with Crippen LogP contribution in [0.1, 0.15) is 137 Å². The molecule has 0 saturated heterocycles. The number of ether oxygens (including phenoxy) is 3. The smallest absolute Gasteiger partial charge is 0.302 e. The Hall–Kier alpha value is -0.610. The summed E-state index contributed by atoms with van der Waals surface area (Å²) in [7, 11) is 1.88. The summed E-state index contributed by atoms with van der Waals surface area (Å²) >= 11 is 0. The summed E-state index contributed by atoms with van der Waals surface area (Å²) in [4.78, 5) is 11.3. The van der Waals surface area contributed by atoms with Crippen LogP contribution in [0.25, 0.3) is 0 Å². The second kappa shape index (κ2) is 12.7. The maximum absolute atomic E-state index is 11.3. The first-order valence-electron chi connectivity index (χ1n) is 15.9. The first-order valence-corrected chi connectivity index (χ1v) is 15.9. The molecule has 0 atom stereocenters. The van der Waals surface area contributed by atoms with Gasteiger partial charge in [-0.1, -0.05) is 27.7 Å². The Balaban J connectivity index is 1.17. The summed E-state index contributed by atoms with van der Waals surface area (Å²) in [5.74, 6) is 3.14. The zero-order chi connectivity index (χ0) is 26.6. The van der Waals surface area contributed by atoms with E-state index in [0.717, 1.165) is 36.5 Å². The Labute approximate surface area is 228 Å². The van der Waals surface area contributed by atoms with Gasteiger partial charge in [0.15, 0.2) is 0 Å². The zero-order valence-corrected chi connectivity index (χ0v) is 25.1. The van der Waals surface area contributed by atoms with Crippen LogP contribution >= 0.6 is 0 Å². The SMILES string of the molecule is COC1CCC(C(C)(C)C2CCC(OC3CCC(C(C)(C)C4CCC(OC(C)=O)CC4)CC3)CC2)CC1. The minimum absolute atomic E-state index is 0.122. The van der Waals surface area contributed by atoms with Crippen LogP contribution in [-0.2, 0) is 19.0 Å². The van der Waals surface area contributed by atoms with Crippen molar-refractivity contribution in [3.8, 4) is 0 Å². The molecule has 0 amide bonds. The largest absolute Gasteiger partial charge is 0.463 e. The minimum atomic E-state index is -0.122. The Kier molecular flexibility index (Phi) is 10.1. The van der Waals surface area contributed by atoms with Gasteiger partial charge in [-0.25, -0.2) is 0 Å². The third-order valence-electron chi connectivity index (χ3n) is 12.0. The second-order valence-electron chi connectivity index (χ2n) is 14.5. The van der Waals surface area contributed by atoms with E-state index in [-0.39, 0.29) is 12.1 Å². The number of rotatable bonds is 8. The lowest BCUT2D eigenvalue weighted by molar-refractivity contribution is -0.149. The van der Waals surface area contributed by atoms with Crippen molar-refractivity contribution in [2.45, 2.75) is 162 Å². The third-order valence-corrected chi connectivity index (χ3v) is 12.0. The number of carbonyl (C=O) groups excluding carboxylic acids is 1. The number of methoxy groups -OCH3 is 1. The fourth-order valence-electron chi connectivity index (χ4n) is 9.03. The van der Waals surface area contributed by atoms with E-state index in [1.807, 2.05) is 7.11 Å². The summed E-state index contributed by atoms with van der Waals surface area (Å²) in [6, 6.07) is 0. The van der Waals surface area contributed by atoms with Crippen LogP contribution in [0.5, 0.6) is 0 Å². The predicted octanol–water partition coefficient (Wildman–Crippen LogP) is 8.50. The van der Waals surface area contributed by atoms with Gasteiger partial charge in [0.1, 0.15) is 6.10 Å². The molecule has 4 aliphatic carbocycles. The molecular formula is C33H58O4. The van der Waals surface area contributed by atoms with E-state index in [9.17, 15) is 4.79 Å². The highest BCUT2D eigenvalue weighted by Crippen LogP contribution is 2.51. The van der Waals surface area contributed by atoms with Crippen molar-refractivity contribution in [1.29, 1.82) is 0 Å². The molecule has 4 fully saturated rings. The van der Waals surface area contributed by atoms with E-state index in [0.29, 0.717) is 29.1 Å². The fourth-order valence-corrected chi connectivity index (χ4v) is 9.03. The van der Waals surface area contributed by atoms with Crippen molar-refractivity contribution in [3.05, 3.63) is 0 Å². The Bertz CT molecular complexity index is 698. The Morgan fingerprint density at radius 1 is 0.514 bits per heavy atom. The number of hydrogen-bond donors (Lipinski definition) is 0. The molecule has 0 bridgehead atoms. The first kappa shape index (κ1) is 29.4. The zero-order valence-electron chi connectivity index (χ0n) is 25.1. The second-order valence-corrected chi connectivity index (χ2v) is 14.5. The summed E-state index contributed by atoms with van der Waals surface area (Å²) < 4.78 is 17.9. The maximum Gasteiger partial charge on any atom is 0.302 e. The average molecular weight is 519 g/mol. The van der Waals surface area contributed by atoms with Crippen LogP contribution in [0.4, 0.5) is 0 Å². The lowest BCUT2D eigenvalue weighted by atomic mass is 9.60. The van der Waals surface area contributed by atoms with Crippen molar-refractivity contribution >= 4 is 5.97 Å². The Morgan fingerprint density at radius 3 is 1.11 bits per heavy atom. The van der Waals surface area contributed by atoms with Crippen LogP contribution < -0.4 is 0 Å². The molecule has 0 radical (unpaired) electrons. The molecular weight excluding hydrogens is 460 g/mol. The van der Waals surface area contributed by atoms with Gasteiger partial charge in [0.25, 0.3) is 0 Å². The van der Waals surface area contributed by atoms with Gasteiger partial charge in [0.05, 0.1) is 18.3 Å². The van der Waals surface area contributed by atoms with Gasteiger partial charge in [-0.15, -0.1) is 0 Å². The summed E-state index contributed by atoms with van der Waals surface area (Å²) in [6.45, 7) is 11.7. The monoisotopic (exact) mass is 518 g/mol. The van der Waals surface area contributed by atoms with E-state index in [4.69, 9.17) is 14.2 Å². The van der Waals surface area contributed by atoms with Crippen molar-refractivity contribution in [2.24, 2.45) is 34.5 Å². The van der Waals surface area contributed by atoms with Crippen LogP contribution in [0.2, 0.25) is 0 Å². The van der Waals surface area contributed by atoms with E-state index in [1.54, 1.807) is 0 Å². The topological polar surface area (TPSA) is 44.8 Å². The molecule has 0 aromatic carbocycles. The van der Waals surface area contributed by atoms with E-state index < -0.39 is 0 Å². The minimum Gasteiger partial charge on any atom is -0.463 e. The lowest BCUT2D eigenvalue weighted by Crippen LogP contribution is -2.41. The van der Waals surface area contributed by atoms with Crippen LogP contribution in [0, 0.1) is 34.5 Å². The van der Waals surface area contributed by atoms with Gasteiger partial charge in [0.2, 0.25) is 0 Å². The molecule has 0 unspecified atom stereocenters. The average Bonchev–Trinajstić information content (AvgIpc) is 2.89. The summed E-state index contributed by atoms with van der Waals surface area (Å²) in [5.41, 5.74) is 0.822. The highest BCUT2D eigenvalue weighted by atomic mass is 16.5. The standard InChI is InChI=1S/C33H58O4/c1-23(34)36-29-17-9-25(10-18-29)33(4,5)27-13-21-31(22-14-27)37-30-19-11-26(12-20-30)32(2,3)24-7-15-28(35-6)16-8-24/h24-31H,7-22H2,1-6H3. The molecule has 4 saturated carbocycles. The molecule has 0 aromatic rings. The lowest BCUT2D eigenvalue weighted by Gasteiger charge is -2.48. The van der Waals surface area contributed by atoms with Gasteiger partial charge < -0.3 is 14.2 Å². The molecule has 4 aliphatic rings. The normalized spacial score (nSPS) is 38.2.